The molecule has 0 bridgehead atoms. The van der Waals surface area contributed by atoms with Crippen molar-refractivity contribution in [2.45, 2.75) is 59.7 Å². The van der Waals surface area contributed by atoms with Gasteiger partial charge < -0.3 is 15.8 Å². The zero-order valence-corrected chi connectivity index (χ0v) is 21.3. The van der Waals surface area contributed by atoms with Crippen molar-refractivity contribution < 1.29 is 14.7 Å². The average molecular weight is 492 g/mol. The predicted octanol–water partition coefficient (Wildman–Crippen LogP) is 3.75. The van der Waals surface area contributed by atoms with Gasteiger partial charge in [0.1, 0.15) is 5.82 Å². The van der Waals surface area contributed by atoms with E-state index in [2.05, 4.69) is 15.7 Å². The molecule has 0 aliphatic rings. The fourth-order valence-corrected chi connectivity index (χ4v) is 3.81. The largest absolute Gasteiger partial charge is 0.465 e. The lowest BCUT2D eigenvalue weighted by molar-refractivity contribution is -0.120. The van der Waals surface area contributed by atoms with Crippen LogP contribution in [0.2, 0.25) is 0 Å². The minimum Gasteiger partial charge on any atom is -0.465 e. The Morgan fingerprint density at radius 2 is 1.72 bits per heavy atom. The Hall–Kier alpha value is -4.14. The van der Waals surface area contributed by atoms with E-state index in [9.17, 15) is 19.5 Å². The van der Waals surface area contributed by atoms with Gasteiger partial charge in [-0.1, -0.05) is 36.4 Å². The Balaban J connectivity index is 1.67. The maximum atomic E-state index is 13.0. The molecule has 0 aliphatic heterocycles. The summed E-state index contributed by atoms with van der Waals surface area (Å²) in [6.45, 7) is 9.65. The summed E-state index contributed by atoms with van der Waals surface area (Å²) in [4.78, 5) is 43.0. The number of aryl methyl sites for hydroxylation is 2. The Morgan fingerprint density at radius 3 is 2.33 bits per heavy atom. The highest BCUT2D eigenvalue weighted by Crippen LogP contribution is 2.23. The first kappa shape index (κ1) is 26.5. The number of benzene rings is 1. The van der Waals surface area contributed by atoms with Gasteiger partial charge in [0.15, 0.2) is 0 Å². The number of hydrogen-bond acceptors (Lipinski definition) is 5. The summed E-state index contributed by atoms with van der Waals surface area (Å²) in [6.07, 6.45) is 0.522. The zero-order chi connectivity index (χ0) is 26.5. The van der Waals surface area contributed by atoms with E-state index in [-0.39, 0.29) is 24.4 Å². The van der Waals surface area contributed by atoms with Crippen molar-refractivity contribution in [3.63, 3.8) is 0 Å². The summed E-state index contributed by atoms with van der Waals surface area (Å²) in [7, 11) is 0. The topological polar surface area (TPSA) is 117 Å². The second-order valence-corrected chi connectivity index (χ2v) is 9.63. The monoisotopic (exact) mass is 491 g/mol. The van der Waals surface area contributed by atoms with Crippen molar-refractivity contribution in [3.8, 4) is 0 Å². The number of nitrogens with one attached hydrogen (secondary N) is 2. The first-order valence-corrected chi connectivity index (χ1v) is 11.7. The lowest BCUT2D eigenvalue weighted by atomic mass is 10.1. The molecule has 0 atom stereocenters. The Labute approximate surface area is 210 Å². The van der Waals surface area contributed by atoms with E-state index in [1.807, 2.05) is 37.3 Å². The van der Waals surface area contributed by atoms with Gasteiger partial charge in [-0.05, 0) is 63.4 Å². The molecule has 0 aliphatic carbocycles. The van der Waals surface area contributed by atoms with Crippen LogP contribution in [-0.4, -0.2) is 32.3 Å². The average Bonchev–Trinajstić information content (AvgIpc) is 2.80. The van der Waals surface area contributed by atoms with Crippen molar-refractivity contribution in [1.29, 1.82) is 0 Å². The first-order valence-electron chi connectivity index (χ1n) is 11.7. The van der Waals surface area contributed by atoms with E-state index in [0.29, 0.717) is 23.6 Å². The second kappa shape index (κ2) is 11.1. The third-order valence-electron chi connectivity index (χ3n) is 5.81. The number of nitrogens with zero attached hydrogens (tertiary/aromatic N) is 3. The van der Waals surface area contributed by atoms with Gasteiger partial charge >= 0.3 is 6.09 Å². The maximum absolute atomic E-state index is 13.0. The smallest absolute Gasteiger partial charge is 0.413 e. The van der Waals surface area contributed by atoms with Crippen LogP contribution in [0.1, 0.15) is 48.7 Å². The van der Waals surface area contributed by atoms with Crippen LogP contribution in [-0.2, 0) is 24.3 Å². The van der Waals surface area contributed by atoms with Crippen molar-refractivity contribution in [1.82, 2.24) is 15.0 Å². The number of anilines is 1. The van der Waals surface area contributed by atoms with E-state index in [1.165, 1.54) is 9.58 Å². The molecule has 190 valence electrons. The summed E-state index contributed by atoms with van der Waals surface area (Å²) in [6, 6.07) is 14.9. The third kappa shape index (κ3) is 6.50. The van der Waals surface area contributed by atoms with Gasteiger partial charge in [0.2, 0.25) is 5.91 Å². The third-order valence-corrected chi connectivity index (χ3v) is 5.81. The lowest BCUT2D eigenvalue weighted by Crippen LogP contribution is -2.45. The van der Waals surface area contributed by atoms with Gasteiger partial charge in [0, 0.05) is 29.5 Å². The molecule has 1 aromatic carbocycles. The fourth-order valence-electron chi connectivity index (χ4n) is 3.81. The molecule has 2 aromatic heterocycles. The zero-order valence-electron chi connectivity index (χ0n) is 21.3. The van der Waals surface area contributed by atoms with E-state index in [1.54, 1.807) is 52.1 Å². The molecule has 0 radical (unpaired) electrons. The summed E-state index contributed by atoms with van der Waals surface area (Å²) in [5, 5.41) is 12.4. The van der Waals surface area contributed by atoms with Crippen LogP contribution in [0.15, 0.2) is 59.5 Å². The molecule has 0 spiro atoms. The van der Waals surface area contributed by atoms with Crippen LogP contribution in [0.5, 0.6) is 0 Å². The first-order chi connectivity index (χ1) is 17.0. The van der Waals surface area contributed by atoms with E-state index in [0.717, 1.165) is 16.7 Å². The van der Waals surface area contributed by atoms with Gasteiger partial charge in [-0.2, -0.15) is 0 Å². The van der Waals surface area contributed by atoms with Gasteiger partial charge in [-0.25, -0.2) is 14.5 Å². The number of amides is 2. The molecule has 2 amide bonds. The van der Waals surface area contributed by atoms with Gasteiger partial charge in [0.05, 0.1) is 13.0 Å². The molecule has 0 unspecified atom stereocenters. The van der Waals surface area contributed by atoms with Gasteiger partial charge in [-0.3, -0.25) is 14.5 Å². The molecule has 9 nitrogen and oxygen atoms in total. The quantitative estimate of drug-likeness (QED) is 0.442. The molecule has 3 aromatic rings. The van der Waals surface area contributed by atoms with E-state index < -0.39 is 11.6 Å². The number of hydrogen-bond donors (Lipinski definition) is 3. The van der Waals surface area contributed by atoms with Gasteiger partial charge in [-0.15, -0.1) is 0 Å². The Morgan fingerprint density at radius 1 is 1.03 bits per heavy atom. The summed E-state index contributed by atoms with van der Waals surface area (Å²) >= 11 is 0. The molecule has 9 heteroatoms. The van der Waals surface area contributed by atoms with Crippen molar-refractivity contribution in [2.75, 3.05) is 10.3 Å². The summed E-state index contributed by atoms with van der Waals surface area (Å²) in [5.41, 5.74) is 5.74. The van der Waals surface area contributed by atoms with Crippen molar-refractivity contribution in [2.24, 2.45) is 0 Å². The molecule has 3 rings (SSSR count). The summed E-state index contributed by atoms with van der Waals surface area (Å²) < 4.78 is 1.40. The second-order valence-electron chi connectivity index (χ2n) is 9.63. The highest BCUT2D eigenvalue weighted by Gasteiger charge is 2.29. The molecule has 0 saturated heterocycles. The summed E-state index contributed by atoms with van der Waals surface area (Å²) in [5.74, 6) is 0.0346. The Kier molecular flexibility index (Phi) is 8.14. The molecule has 0 fully saturated rings. The van der Waals surface area contributed by atoms with Crippen LogP contribution >= 0.6 is 0 Å². The highest BCUT2D eigenvalue weighted by molar-refractivity contribution is 5.86. The van der Waals surface area contributed by atoms with E-state index in [4.69, 9.17) is 0 Å². The molecule has 2 heterocycles. The minimum atomic E-state index is -1.09. The SMILES string of the molecule is Cc1ccn(NCc2ccccc2)c(=O)c1CC(=O)NCc1ccc(N(C(=O)O)C(C)(C)C)nc1C. The maximum Gasteiger partial charge on any atom is 0.413 e. The Bertz CT molecular complexity index is 1300. The minimum absolute atomic E-state index is 0.0557. The fraction of sp³-hybridized carbons (Fsp3) is 0.333. The molecule has 0 saturated carbocycles. The molecular formula is C27H33N5O4. The number of pyridine rings is 2. The predicted molar refractivity (Wildman–Crippen MR) is 140 cm³/mol. The number of carbonyl (C=O) groups excluding carboxylic acids is 1. The van der Waals surface area contributed by atoms with Gasteiger partial charge in [0.25, 0.3) is 5.56 Å². The highest BCUT2D eigenvalue weighted by atomic mass is 16.4. The van der Waals surface area contributed by atoms with Crippen molar-refractivity contribution in [3.05, 3.63) is 93.0 Å². The van der Waals surface area contributed by atoms with Crippen LogP contribution in [0.3, 0.4) is 0 Å². The molecular weight excluding hydrogens is 458 g/mol. The van der Waals surface area contributed by atoms with Crippen molar-refractivity contribution >= 4 is 17.8 Å². The van der Waals surface area contributed by atoms with Crippen LogP contribution in [0.25, 0.3) is 0 Å². The normalized spacial score (nSPS) is 11.1. The number of rotatable bonds is 8. The lowest BCUT2D eigenvalue weighted by Gasteiger charge is -2.32. The van der Waals surface area contributed by atoms with E-state index >= 15 is 0 Å². The van der Waals surface area contributed by atoms with Crippen LogP contribution in [0, 0.1) is 13.8 Å². The number of carboxylic acid groups (broad SMARTS) is 1. The standard InChI is InChI=1S/C27H33N5O4/c1-18-13-14-31(29-16-20-9-7-6-8-10-20)25(34)22(18)15-24(33)28-17-21-11-12-23(30-19(21)2)32(26(35)36)27(3,4)5/h6-14,29H,15-17H2,1-5H3,(H,28,33)(H,35,36). The van der Waals surface area contributed by atoms with Crippen LogP contribution < -0.4 is 21.2 Å². The number of carbonyl (C=O) groups is 2. The van der Waals surface area contributed by atoms with Crippen LogP contribution in [0.4, 0.5) is 10.6 Å². The molecule has 3 N–H and O–H groups in total. The number of aromatic nitrogens is 2. The molecule has 36 heavy (non-hydrogen) atoms.